The quantitative estimate of drug-likeness (QED) is 0.0146. The molecule has 9 atom stereocenters. The summed E-state index contributed by atoms with van der Waals surface area (Å²) in [5.74, 6) is -13.3. The minimum Gasteiger partial charge on any atom is -0.508 e. The van der Waals surface area contributed by atoms with Gasteiger partial charge in [0.2, 0.25) is 65.0 Å². The molecule has 0 saturated heterocycles. The zero-order valence-electron chi connectivity index (χ0n) is 48.5. The molecule has 3 rings (SSSR count). The average molecular weight is 1220 g/mol. The second kappa shape index (κ2) is 36.9. The van der Waals surface area contributed by atoms with Gasteiger partial charge in [0.05, 0.1) is 25.3 Å². The fourth-order valence-electron chi connectivity index (χ4n) is 8.73. The van der Waals surface area contributed by atoms with Crippen molar-refractivity contribution in [1.29, 1.82) is 0 Å². The molecule has 0 saturated carbocycles. The van der Waals surface area contributed by atoms with Crippen LogP contribution in [0.3, 0.4) is 0 Å². The van der Waals surface area contributed by atoms with E-state index in [4.69, 9.17) is 40.1 Å². The zero-order chi connectivity index (χ0) is 64.8. The first kappa shape index (κ1) is 71.6. The van der Waals surface area contributed by atoms with E-state index in [1.54, 1.807) is 74.5 Å². The van der Waals surface area contributed by atoms with E-state index >= 15 is 0 Å². The number of aromatic hydroxyl groups is 1. The summed E-state index contributed by atoms with van der Waals surface area (Å²) in [7, 11) is 0. The van der Waals surface area contributed by atoms with Gasteiger partial charge in [-0.25, -0.2) is 0 Å². The number of phenols is 1. The van der Waals surface area contributed by atoms with Crippen LogP contribution in [0, 0.1) is 5.92 Å². The third-order valence-corrected chi connectivity index (χ3v) is 13.2. The number of guanidine groups is 1. The predicted molar refractivity (Wildman–Crippen MR) is 317 cm³/mol. The first-order valence-electron chi connectivity index (χ1n) is 28.0. The average Bonchev–Trinajstić information content (AvgIpc) is 3.14. The van der Waals surface area contributed by atoms with Gasteiger partial charge < -0.3 is 92.9 Å². The Labute approximate surface area is 502 Å². The summed E-state index contributed by atoms with van der Waals surface area (Å²) in [4.78, 5) is 165. The Kier molecular flexibility index (Phi) is 30.3. The molecule has 0 aliphatic rings. The predicted octanol–water partition coefficient (Wildman–Crippen LogP) is -4.43. The van der Waals surface area contributed by atoms with Crippen LogP contribution >= 0.6 is 0 Å². The van der Waals surface area contributed by atoms with Crippen molar-refractivity contribution >= 4 is 76.9 Å². The highest BCUT2D eigenvalue weighted by Crippen LogP contribution is 2.15. The Bertz CT molecular complexity index is 2860. The van der Waals surface area contributed by atoms with E-state index in [-0.39, 0.29) is 82.1 Å². The van der Waals surface area contributed by atoms with E-state index < -0.39 is 145 Å². The number of carboxylic acids is 1. The van der Waals surface area contributed by atoms with Gasteiger partial charge in [0, 0.05) is 25.8 Å². The van der Waals surface area contributed by atoms with Crippen molar-refractivity contribution in [2.45, 2.75) is 145 Å². The number of primary amides is 3. The van der Waals surface area contributed by atoms with Crippen LogP contribution in [-0.2, 0) is 76.8 Å². The Hall–Kier alpha value is -9.71. The van der Waals surface area contributed by atoms with Crippen molar-refractivity contribution in [3.8, 4) is 5.75 Å². The van der Waals surface area contributed by atoms with Crippen LogP contribution in [0.5, 0.6) is 5.75 Å². The molecule has 30 nitrogen and oxygen atoms in total. The van der Waals surface area contributed by atoms with Gasteiger partial charge in [0.15, 0.2) is 5.96 Å². The number of benzene rings is 3. The Morgan fingerprint density at radius 3 is 1.28 bits per heavy atom. The molecule has 30 heteroatoms. The summed E-state index contributed by atoms with van der Waals surface area (Å²) in [5.41, 5.74) is 40.6. The molecule has 0 radical (unpaired) electrons. The van der Waals surface area contributed by atoms with Crippen molar-refractivity contribution in [2.75, 3.05) is 13.1 Å². The number of nitrogens with two attached hydrogens (primary N) is 7. The van der Waals surface area contributed by atoms with Gasteiger partial charge >= 0.3 is 5.97 Å². The van der Waals surface area contributed by atoms with Gasteiger partial charge in [-0.2, -0.15) is 0 Å². The fraction of sp³-hybridized carbons (Fsp3) is 0.456. The Morgan fingerprint density at radius 1 is 0.448 bits per heavy atom. The standard InChI is InChI=1S/C57H82N16O14/c1-31(2)24-40(52(83)67-38(17-11-23-65-57(63)64)50(81)68-39(48(62)79)25-32-12-5-3-6-13-32)70-54(85)42(26-33-14-7-4-8-15-33)71-55(86)43(29-46(61)76)72-51(82)37(16-9-10-22-58)66-56(87)44(30-47(77)78)73-53(84)41(27-34-18-20-35(74)21-19-34)69-49(80)36(59)28-45(60)75/h3-8,12-15,18-21,31,36-44,74H,9-11,16-17,22-30,58-59H2,1-2H3,(H2,60,75)(H2,61,76)(H2,62,79)(H,66,87)(H,67,83)(H,68,81)(H,69,80)(H,70,85)(H,71,86)(H,72,82)(H,73,84)(H,77,78)(H4,63,64,65)/t36-,37-,38-,39-,40-,41-,42-,43-,44-/m0/s1. The molecule has 0 fully saturated rings. The molecular formula is C57H82N16O14. The van der Waals surface area contributed by atoms with E-state index in [2.05, 4.69) is 47.5 Å². The first-order chi connectivity index (χ1) is 41.1. The number of aliphatic carboxylic acids is 1. The van der Waals surface area contributed by atoms with Crippen LogP contribution in [0.4, 0.5) is 0 Å². The van der Waals surface area contributed by atoms with Crippen molar-refractivity contribution in [3.05, 3.63) is 102 Å². The smallest absolute Gasteiger partial charge is 0.305 e. The van der Waals surface area contributed by atoms with Crippen LogP contribution in [-0.4, -0.2) is 155 Å². The van der Waals surface area contributed by atoms with Crippen LogP contribution in [0.2, 0.25) is 0 Å². The van der Waals surface area contributed by atoms with E-state index in [0.29, 0.717) is 23.1 Å². The van der Waals surface area contributed by atoms with Crippen LogP contribution in [0.15, 0.2) is 89.9 Å². The minimum absolute atomic E-state index is 0.0114. The summed E-state index contributed by atoms with van der Waals surface area (Å²) in [5, 5.41) is 39.6. The second-order valence-electron chi connectivity index (χ2n) is 21.0. The molecule has 0 aromatic heterocycles. The molecular weight excluding hydrogens is 1130 g/mol. The summed E-state index contributed by atoms with van der Waals surface area (Å²) >= 11 is 0. The molecule has 474 valence electrons. The molecule has 3 aromatic carbocycles. The van der Waals surface area contributed by atoms with Gasteiger partial charge in [0.25, 0.3) is 0 Å². The molecule has 0 spiro atoms. The topological polar surface area (TPSA) is 536 Å². The number of amides is 11. The molecule has 24 N–H and O–H groups in total. The molecule has 0 aliphatic carbocycles. The number of aliphatic imine (C=N–C) groups is 1. The number of hydrogen-bond acceptors (Lipinski definition) is 16. The fourth-order valence-corrected chi connectivity index (χ4v) is 8.73. The lowest BCUT2D eigenvalue weighted by molar-refractivity contribution is -0.141. The summed E-state index contributed by atoms with van der Waals surface area (Å²) in [6.07, 6.45) is -2.72. The number of unbranched alkanes of at least 4 members (excludes halogenated alkanes) is 1. The molecule has 0 bridgehead atoms. The molecule has 87 heavy (non-hydrogen) atoms. The van der Waals surface area contributed by atoms with Crippen LogP contribution < -0.4 is 82.7 Å². The van der Waals surface area contributed by atoms with Crippen LogP contribution in [0.25, 0.3) is 0 Å². The molecule has 11 amide bonds. The number of carboxylic acid groups (broad SMARTS) is 1. The third kappa shape index (κ3) is 27.3. The second-order valence-corrected chi connectivity index (χ2v) is 21.0. The maximum atomic E-state index is 14.6. The highest BCUT2D eigenvalue weighted by Gasteiger charge is 2.36. The van der Waals surface area contributed by atoms with Crippen molar-refractivity contribution < 1.29 is 67.7 Å². The monoisotopic (exact) mass is 1210 g/mol. The normalized spacial score (nSPS) is 14.0. The summed E-state index contributed by atoms with van der Waals surface area (Å²) in [6.45, 7) is 3.69. The molecule has 3 aromatic rings. The number of hydrogen-bond donors (Lipinski definition) is 17. The van der Waals surface area contributed by atoms with Gasteiger partial charge in [-0.3, -0.25) is 62.5 Å². The highest BCUT2D eigenvalue weighted by molar-refractivity contribution is 6.00. The number of carbonyl (C=O) groups excluding carboxylic acids is 11. The van der Waals surface area contributed by atoms with Gasteiger partial charge in [-0.1, -0.05) is 86.6 Å². The SMILES string of the molecule is CC(C)C[C@H](NC(=O)[C@H](Cc1ccccc1)NC(=O)[C@H](CC(N)=O)NC(=O)[C@H](CCCCN)NC(=O)[C@H](CC(=O)O)NC(=O)[C@H](Cc1ccc(O)cc1)NC(=O)[C@@H](N)CC(N)=O)C(=O)N[C@@H](CCCN=C(N)N)C(=O)N[C@@H](Cc1ccccc1)C(N)=O. The number of carbonyl (C=O) groups is 12. The number of nitrogens with one attached hydrogen (secondary N) is 8. The minimum atomic E-state index is -1.94. The molecule has 0 aliphatic heterocycles. The lowest BCUT2D eigenvalue weighted by atomic mass is 9.99. The molecule has 0 heterocycles. The maximum Gasteiger partial charge on any atom is 0.305 e. The van der Waals surface area contributed by atoms with Crippen LogP contribution in [0.1, 0.15) is 88.3 Å². The largest absolute Gasteiger partial charge is 0.508 e. The Morgan fingerprint density at radius 2 is 0.828 bits per heavy atom. The van der Waals surface area contributed by atoms with Crippen molar-refractivity contribution in [1.82, 2.24) is 42.5 Å². The van der Waals surface area contributed by atoms with E-state index in [9.17, 15) is 67.7 Å². The van der Waals surface area contributed by atoms with E-state index in [0.717, 1.165) is 0 Å². The van der Waals surface area contributed by atoms with Gasteiger partial charge in [-0.15, -0.1) is 0 Å². The van der Waals surface area contributed by atoms with Crippen molar-refractivity contribution in [2.24, 2.45) is 51.0 Å². The van der Waals surface area contributed by atoms with E-state index in [1.165, 1.54) is 24.3 Å². The lowest BCUT2D eigenvalue weighted by Crippen LogP contribution is -2.61. The summed E-state index contributed by atoms with van der Waals surface area (Å²) in [6, 6.07) is 8.43. The highest BCUT2D eigenvalue weighted by atomic mass is 16.4. The lowest BCUT2D eigenvalue weighted by Gasteiger charge is -2.28. The maximum absolute atomic E-state index is 14.6. The van der Waals surface area contributed by atoms with E-state index in [1.807, 2.05) is 0 Å². The third-order valence-electron chi connectivity index (χ3n) is 13.2. The number of nitrogens with zero attached hydrogens (tertiary/aromatic N) is 1. The number of phenolic OH excluding ortho intramolecular Hbond substituents is 1. The first-order valence-corrected chi connectivity index (χ1v) is 28.0. The Balaban J connectivity index is 1.96. The summed E-state index contributed by atoms with van der Waals surface area (Å²) < 4.78 is 0. The van der Waals surface area contributed by atoms with Gasteiger partial charge in [-0.05, 0) is 79.8 Å². The van der Waals surface area contributed by atoms with Crippen molar-refractivity contribution in [3.63, 3.8) is 0 Å². The van der Waals surface area contributed by atoms with Gasteiger partial charge in [0.1, 0.15) is 54.1 Å². The molecule has 0 unspecified atom stereocenters. The zero-order valence-corrected chi connectivity index (χ0v) is 48.5. The number of rotatable bonds is 39.